The van der Waals surface area contributed by atoms with Gasteiger partial charge in [-0.25, -0.2) is 0 Å². The summed E-state index contributed by atoms with van der Waals surface area (Å²) in [5.41, 5.74) is 8.08. The molecule has 38 heavy (non-hydrogen) atoms. The molecule has 2 aromatic carbocycles. The maximum Gasteiger partial charge on any atom is 0.174 e. The van der Waals surface area contributed by atoms with Gasteiger partial charge in [-0.3, -0.25) is 4.98 Å². The smallest absolute Gasteiger partial charge is 0.174 e. The predicted octanol–water partition coefficient (Wildman–Crippen LogP) is 7.30. The lowest BCUT2D eigenvalue weighted by atomic mass is 9.96. The van der Waals surface area contributed by atoms with Crippen molar-refractivity contribution in [1.29, 1.82) is 0 Å². The Morgan fingerprint density at radius 1 is 0.895 bits per heavy atom. The molecular weight excluding hydrogens is 488 g/mol. The molecule has 4 aromatic rings. The van der Waals surface area contributed by atoms with Crippen molar-refractivity contribution in [2.45, 2.75) is 64.6 Å². The van der Waals surface area contributed by atoms with Gasteiger partial charge >= 0.3 is 0 Å². The zero-order chi connectivity index (χ0) is 26.2. The topological polar surface area (TPSA) is 42.3 Å². The van der Waals surface area contributed by atoms with E-state index in [1.54, 1.807) is 0 Å². The first kappa shape index (κ1) is 24.7. The quantitative estimate of drug-likeness (QED) is 0.269. The molecular formula is C32H34N4OS. The molecule has 2 fully saturated rings. The molecule has 1 N–H and O–H groups in total. The molecule has 0 bridgehead atoms. The molecule has 5 nitrogen and oxygen atoms in total. The lowest BCUT2D eigenvalue weighted by Crippen LogP contribution is -2.29. The standard InChI is InChI=1S/C32H34N4OS/c1-21-9-8-10-25(19-21)35-22(2)20-28(23(35)3)31-30(29-13-6-7-18-33-29)34-32(38)36(31)24-14-16-27(17-15-24)37-26-11-4-5-12-26/h6-10,13-20,26,30-31H,4-5,11-12H2,1-3H3,(H,34,38)/t30-,31-/m1/s1. The third kappa shape index (κ3) is 4.58. The summed E-state index contributed by atoms with van der Waals surface area (Å²) in [6.45, 7) is 6.52. The second kappa shape index (κ2) is 10.3. The molecule has 6 rings (SSSR count). The van der Waals surface area contributed by atoms with E-state index in [0.717, 1.165) is 30.0 Å². The van der Waals surface area contributed by atoms with Gasteiger partial charge in [0.15, 0.2) is 5.11 Å². The fraction of sp³-hybridized carbons (Fsp3) is 0.312. The monoisotopic (exact) mass is 522 g/mol. The van der Waals surface area contributed by atoms with Crippen LogP contribution < -0.4 is 15.0 Å². The van der Waals surface area contributed by atoms with E-state index in [2.05, 4.69) is 96.2 Å². The van der Waals surface area contributed by atoms with Crippen LogP contribution in [-0.2, 0) is 0 Å². The maximum absolute atomic E-state index is 6.24. The average molecular weight is 523 g/mol. The van der Waals surface area contributed by atoms with E-state index in [-0.39, 0.29) is 12.1 Å². The van der Waals surface area contributed by atoms with Crippen LogP contribution in [0.3, 0.4) is 0 Å². The van der Waals surface area contributed by atoms with E-state index >= 15 is 0 Å². The van der Waals surface area contributed by atoms with Crippen molar-refractivity contribution in [2.24, 2.45) is 0 Å². The van der Waals surface area contributed by atoms with Crippen molar-refractivity contribution >= 4 is 23.0 Å². The number of anilines is 1. The van der Waals surface area contributed by atoms with Crippen molar-refractivity contribution in [3.8, 4) is 11.4 Å². The van der Waals surface area contributed by atoms with Crippen LogP contribution in [0, 0.1) is 20.8 Å². The van der Waals surface area contributed by atoms with Gasteiger partial charge in [0, 0.05) is 29.0 Å². The summed E-state index contributed by atoms with van der Waals surface area (Å²) in [5.74, 6) is 0.925. The molecule has 2 aliphatic rings. The van der Waals surface area contributed by atoms with Crippen molar-refractivity contribution in [2.75, 3.05) is 4.90 Å². The highest BCUT2D eigenvalue weighted by Gasteiger charge is 2.42. The molecule has 2 atom stereocenters. The summed E-state index contributed by atoms with van der Waals surface area (Å²) in [6.07, 6.45) is 7.00. The van der Waals surface area contributed by atoms with Crippen molar-refractivity contribution in [3.05, 3.63) is 107 Å². The van der Waals surface area contributed by atoms with Crippen LogP contribution in [0.2, 0.25) is 0 Å². The highest BCUT2D eigenvalue weighted by molar-refractivity contribution is 7.80. The molecule has 3 heterocycles. The number of aromatic nitrogens is 2. The molecule has 6 heteroatoms. The predicted molar refractivity (Wildman–Crippen MR) is 157 cm³/mol. The number of hydrogen-bond acceptors (Lipinski definition) is 3. The molecule has 1 aliphatic carbocycles. The summed E-state index contributed by atoms with van der Waals surface area (Å²) >= 11 is 5.97. The lowest BCUT2D eigenvalue weighted by molar-refractivity contribution is 0.210. The second-order valence-corrected chi connectivity index (χ2v) is 10.9. The Kier molecular flexibility index (Phi) is 6.66. The van der Waals surface area contributed by atoms with Gasteiger partial charge in [-0.1, -0.05) is 18.2 Å². The van der Waals surface area contributed by atoms with E-state index in [4.69, 9.17) is 21.9 Å². The number of nitrogens with zero attached hydrogens (tertiary/aromatic N) is 3. The summed E-state index contributed by atoms with van der Waals surface area (Å²) in [4.78, 5) is 6.97. The molecule has 2 aromatic heterocycles. The molecule has 1 saturated heterocycles. The second-order valence-electron chi connectivity index (χ2n) is 10.5. The van der Waals surface area contributed by atoms with Gasteiger partial charge < -0.3 is 19.5 Å². The van der Waals surface area contributed by atoms with E-state index in [9.17, 15) is 0 Å². The van der Waals surface area contributed by atoms with E-state index in [1.165, 1.54) is 41.0 Å². The van der Waals surface area contributed by atoms with Crippen LogP contribution in [0.1, 0.15) is 66.0 Å². The largest absolute Gasteiger partial charge is 0.490 e. The minimum atomic E-state index is -0.0791. The first-order chi connectivity index (χ1) is 18.5. The molecule has 1 saturated carbocycles. The highest BCUT2D eigenvalue weighted by atomic mass is 32.1. The first-order valence-electron chi connectivity index (χ1n) is 13.5. The van der Waals surface area contributed by atoms with Crippen LogP contribution in [0.25, 0.3) is 5.69 Å². The molecule has 194 valence electrons. The Morgan fingerprint density at radius 3 is 2.39 bits per heavy atom. The Balaban J connectivity index is 1.41. The summed E-state index contributed by atoms with van der Waals surface area (Å²) < 4.78 is 8.58. The van der Waals surface area contributed by atoms with Crippen LogP contribution >= 0.6 is 12.2 Å². The van der Waals surface area contributed by atoms with Crippen molar-refractivity contribution < 1.29 is 4.74 Å². The number of aryl methyl sites for hydroxylation is 2. The number of pyridine rings is 1. The number of rotatable bonds is 6. The maximum atomic E-state index is 6.24. The fourth-order valence-electron chi connectivity index (χ4n) is 6.08. The molecule has 0 radical (unpaired) electrons. The van der Waals surface area contributed by atoms with Gasteiger partial charge in [0.05, 0.1) is 23.9 Å². The van der Waals surface area contributed by atoms with Gasteiger partial charge in [0.2, 0.25) is 0 Å². The minimum Gasteiger partial charge on any atom is -0.490 e. The average Bonchev–Trinajstić information content (AvgIpc) is 3.63. The number of benzene rings is 2. The van der Waals surface area contributed by atoms with Crippen LogP contribution in [0.5, 0.6) is 5.75 Å². The zero-order valence-electron chi connectivity index (χ0n) is 22.2. The Labute approximate surface area is 230 Å². The van der Waals surface area contributed by atoms with Gasteiger partial charge in [-0.15, -0.1) is 0 Å². The van der Waals surface area contributed by atoms with Crippen LogP contribution in [0.4, 0.5) is 5.69 Å². The Bertz CT molecular complexity index is 1440. The molecule has 1 aliphatic heterocycles. The SMILES string of the molecule is Cc1cccc(-n2c(C)cc([C@@H]3[C@@H](c4ccccn4)NC(=S)N3c3ccc(OC4CCCC4)cc3)c2C)c1. The molecule has 0 amide bonds. The fourth-order valence-corrected chi connectivity index (χ4v) is 6.43. The normalized spacial score (nSPS) is 19.7. The van der Waals surface area contributed by atoms with Gasteiger partial charge in [0.25, 0.3) is 0 Å². The number of thiocarbonyl (C=S) groups is 1. The Hall–Kier alpha value is -3.64. The van der Waals surface area contributed by atoms with Gasteiger partial charge in [-0.05, 0) is 124 Å². The van der Waals surface area contributed by atoms with Crippen molar-refractivity contribution in [1.82, 2.24) is 14.9 Å². The first-order valence-corrected chi connectivity index (χ1v) is 13.9. The van der Waals surface area contributed by atoms with Gasteiger partial charge in [-0.2, -0.15) is 0 Å². The number of ether oxygens (including phenoxy) is 1. The van der Waals surface area contributed by atoms with Gasteiger partial charge in [0.1, 0.15) is 5.75 Å². The van der Waals surface area contributed by atoms with E-state index in [1.807, 2.05) is 18.3 Å². The third-order valence-electron chi connectivity index (χ3n) is 7.87. The zero-order valence-corrected chi connectivity index (χ0v) is 23.0. The number of hydrogen-bond donors (Lipinski definition) is 1. The van der Waals surface area contributed by atoms with Crippen LogP contribution in [-0.4, -0.2) is 20.8 Å². The third-order valence-corrected chi connectivity index (χ3v) is 8.18. The Morgan fingerprint density at radius 2 is 1.68 bits per heavy atom. The summed E-state index contributed by atoms with van der Waals surface area (Å²) in [6, 6.07) is 25.3. The minimum absolute atomic E-state index is 0.0521. The van der Waals surface area contributed by atoms with E-state index in [0.29, 0.717) is 11.2 Å². The lowest BCUT2D eigenvalue weighted by Gasteiger charge is -2.28. The van der Waals surface area contributed by atoms with Crippen molar-refractivity contribution in [3.63, 3.8) is 0 Å². The molecule has 0 spiro atoms. The summed E-state index contributed by atoms with van der Waals surface area (Å²) in [7, 11) is 0. The van der Waals surface area contributed by atoms with E-state index < -0.39 is 0 Å². The molecule has 0 unspecified atom stereocenters. The van der Waals surface area contributed by atoms with Crippen LogP contribution in [0.15, 0.2) is 79.0 Å². The highest BCUT2D eigenvalue weighted by Crippen LogP contribution is 2.44. The summed E-state index contributed by atoms with van der Waals surface area (Å²) in [5, 5.41) is 4.30. The number of nitrogens with one attached hydrogen (secondary N) is 1.